The van der Waals surface area contributed by atoms with Gasteiger partial charge in [-0.1, -0.05) is 5.16 Å². The van der Waals surface area contributed by atoms with E-state index in [0.717, 1.165) is 0 Å². The number of alkyl halides is 7. The highest BCUT2D eigenvalue weighted by Gasteiger charge is 2.50. The van der Waals surface area contributed by atoms with Gasteiger partial charge in [-0.05, 0) is 55.8 Å². The monoisotopic (exact) mass is 619 g/mol. The molecule has 1 unspecified atom stereocenters. The number of pyridine rings is 1. The number of rotatable bonds is 7. The molecule has 17 heteroatoms. The predicted octanol–water partition coefficient (Wildman–Crippen LogP) is 5.07. The molecule has 2 saturated carbocycles. The van der Waals surface area contributed by atoms with Crippen molar-refractivity contribution in [2.45, 2.75) is 87.8 Å². The molecule has 234 valence electrons. The molecule has 3 heterocycles. The van der Waals surface area contributed by atoms with Gasteiger partial charge in [-0.2, -0.15) is 13.2 Å². The van der Waals surface area contributed by atoms with Crippen molar-refractivity contribution in [1.29, 1.82) is 0 Å². The molecular weight excluding hydrogens is 591 g/mol. The number of carbonyl (C=O) groups is 2. The van der Waals surface area contributed by atoms with Crippen molar-refractivity contribution in [1.82, 2.24) is 35.9 Å². The van der Waals surface area contributed by atoms with Crippen LogP contribution in [0.5, 0.6) is 0 Å². The second-order valence-electron chi connectivity index (χ2n) is 11.3. The number of nitrogens with zero attached hydrogens (tertiary/aromatic N) is 4. The maximum Gasteiger partial charge on any atom is 0.405 e. The first-order valence-electron chi connectivity index (χ1n) is 13.7. The smallest absolute Gasteiger partial charge is 0.346 e. The average molecular weight is 620 g/mol. The molecule has 1 atom stereocenters. The van der Waals surface area contributed by atoms with Gasteiger partial charge in [-0.15, -0.1) is 0 Å². The molecule has 0 saturated heterocycles. The van der Waals surface area contributed by atoms with Gasteiger partial charge >= 0.3 is 6.18 Å². The van der Waals surface area contributed by atoms with E-state index in [1.165, 1.54) is 19.1 Å². The van der Waals surface area contributed by atoms with Crippen molar-refractivity contribution in [2.24, 2.45) is 5.92 Å². The molecule has 3 aromatic rings. The minimum Gasteiger partial charge on any atom is -0.346 e. The van der Waals surface area contributed by atoms with E-state index in [9.17, 15) is 40.3 Å². The Hall–Kier alpha value is -3.79. The van der Waals surface area contributed by atoms with Crippen LogP contribution in [0, 0.1) is 12.8 Å². The van der Waals surface area contributed by atoms with Gasteiger partial charge in [0, 0.05) is 25.7 Å². The minimum absolute atomic E-state index is 0.00695. The van der Waals surface area contributed by atoms with Crippen molar-refractivity contribution >= 4 is 23.0 Å². The molecule has 3 aromatic heterocycles. The highest BCUT2D eigenvalue weighted by atomic mass is 19.4. The third kappa shape index (κ3) is 6.59. The second kappa shape index (κ2) is 11.0. The zero-order valence-corrected chi connectivity index (χ0v) is 22.8. The summed E-state index contributed by atoms with van der Waals surface area (Å²) < 4.78 is 99.2. The molecule has 10 nitrogen and oxygen atoms in total. The van der Waals surface area contributed by atoms with Gasteiger partial charge in [-0.3, -0.25) is 9.59 Å². The molecule has 2 fully saturated rings. The summed E-state index contributed by atoms with van der Waals surface area (Å²) in [6, 6.07) is 1.91. The molecule has 43 heavy (non-hydrogen) atoms. The number of amides is 2. The average Bonchev–Trinajstić information content (AvgIpc) is 3.56. The van der Waals surface area contributed by atoms with Crippen LogP contribution in [-0.2, 0) is 10.2 Å². The zero-order chi connectivity index (χ0) is 31.2. The standard InChI is InChI=1S/C26H28F7N7O3/c1-13-17(40-43-39-13)21(41)37-18(14-4-6-24(27,28)7-5-14)20-35-15-2-3-16(36-19(15)38-20)23(8-10-25(29,30)11-9-23)22(42)34-12-26(31,32)33/h2-3,14,18H,4-12H2,1H3,(H,34,42)(H,37,41)(H,35,36,38). The Morgan fingerprint density at radius 2 is 1.65 bits per heavy atom. The number of carbonyl (C=O) groups excluding carboxylic acids is 2. The zero-order valence-electron chi connectivity index (χ0n) is 22.8. The van der Waals surface area contributed by atoms with Crippen LogP contribution in [0.1, 0.15) is 85.1 Å². The van der Waals surface area contributed by atoms with Crippen molar-refractivity contribution < 1.29 is 45.0 Å². The highest BCUT2D eigenvalue weighted by molar-refractivity contribution is 5.93. The molecule has 0 aromatic carbocycles. The fourth-order valence-electron chi connectivity index (χ4n) is 5.77. The molecule has 3 N–H and O–H groups in total. The molecule has 2 aliphatic carbocycles. The molecule has 2 aliphatic rings. The first-order valence-corrected chi connectivity index (χ1v) is 13.7. The van der Waals surface area contributed by atoms with Crippen LogP contribution in [0.4, 0.5) is 30.7 Å². The lowest BCUT2D eigenvalue weighted by molar-refractivity contribution is -0.145. The minimum atomic E-state index is -4.72. The van der Waals surface area contributed by atoms with Crippen molar-refractivity contribution in [3.8, 4) is 0 Å². The summed E-state index contributed by atoms with van der Waals surface area (Å²) in [5, 5.41) is 11.7. The molecule has 0 aliphatic heterocycles. The number of imidazole rings is 1. The summed E-state index contributed by atoms with van der Waals surface area (Å²) in [7, 11) is 0. The first kappa shape index (κ1) is 30.7. The lowest BCUT2D eigenvalue weighted by Gasteiger charge is -2.38. The Balaban J connectivity index is 1.49. The lowest BCUT2D eigenvalue weighted by atomic mass is 9.69. The quantitative estimate of drug-likeness (QED) is 0.314. The first-order chi connectivity index (χ1) is 20.1. The molecular formula is C26H28F7N7O3. The van der Waals surface area contributed by atoms with Gasteiger partial charge in [0.05, 0.1) is 22.7 Å². The summed E-state index contributed by atoms with van der Waals surface area (Å²) in [5.41, 5.74) is -1.38. The maximum atomic E-state index is 14.1. The normalized spacial score (nSPS) is 20.9. The predicted molar refractivity (Wildman–Crippen MR) is 134 cm³/mol. The van der Waals surface area contributed by atoms with Gasteiger partial charge in [0.25, 0.3) is 5.91 Å². The Morgan fingerprint density at radius 1 is 1.00 bits per heavy atom. The largest absolute Gasteiger partial charge is 0.405 e. The third-order valence-corrected chi connectivity index (χ3v) is 8.26. The molecule has 0 spiro atoms. The Kier molecular flexibility index (Phi) is 7.88. The van der Waals surface area contributed by atoms with E-state index < -0.39 is 92.3 Å². The van der Waals surface area contributed by atoms with Gasteiger partial charge in [-0.25, -0.2) is 32.2 Å². The molecule has 0 bridgehead atoms. The number of hydrogen-bond donors (Lipinski definition) is 3. The Labute approximate surface area is 239 Å². The van der Waals surface area contributed by atoms with Crippen molar-refractivity contribution in [3.05, 3.63) is 35.0 Å². The highest BCUT2D eigenvalue weighted by Crippen LogP contribution is 2.46. The van der Waals surface area contributed by atoms with Crippen LogP contribution in [-0.4, -0.2) is 61.6 Å². The van der Waals surface area contributed by atoms with Gasteiger partial charge in [0.15, 0.2) is 11.3 Å². The van der Waals surface area contributed by atoms with Crippen LogP contribution in [0.15, 0.2) is 16.8 Å². The van der Waals surface area contributed by atoms with E-state index in [2.05, 4.69) is 35.2 Å². The van der Waals surface area contributed by atoms with E-state index in [0.29, 0.717) is 5.52 Å². The lowest BCUT2D eigenvalue weighted by Crippen LogP contribution is -2.50. The van der Waals surface area contributed by atoms with E-state index >= 15 is 0 Å². The molecule has 2 amide bonds. The fourth-order valence-corrected chi connectivity index (χ4v) is 5.77. The number of fused-ring (bicyclic) bond motifs is 1. The van der Waals surface area contributed by atoms with Crippen LogP contribution in [0.25, 0.3) is 11.2 Å². The Bertz CT molecular complexity index is 1480. The van der Waals surface area contributed by atoms with Crippen LogP contribution >= 0.6 is 0 Å². The van der Waals surface area contributed by atoms with E-state index in [1.807, 2.05) is 5.32 Å². The fraction of sp³-hybridized carbons (Fsp3) is 0.615. The number of hydrogen-bond acceptors (Lipinski definition) is 7. The SMILES string of the molecule is Cc1nonc1C(=O)NC(c1nc2nc(C3(C(=O)NCC(F)(F)F)CCC(F)(F)CC3)ccc2[nH]1)C1CCC(F)(F)CC1. The maximum absolute atomic E-state index is 14.1. The second-order valence-corrected chi connectivity index (χ2v) is 11.3. The number of halogens is 7. The third-order valence-electron chi connectivity index (χ3n) is 8.26. The van der Waals surface area contributed by atoms with Gasteiger partial charge < -0.3 is 15.6 Å². The van der Waals surface area contributed by atoms with E-state index in [1.54, 1.807) is 0 Å². The van der Waals surface area contributed by atoms with E-state index in [4.69, 9.17) is 0 Å². The van der Waals surface area contributed by atoms with E-state index in [-0.39, 0.29) is 41.4 Å². The molecule has 5 rings (SSSR count). The summed E-state index contributed by atoms with van der Waals surface area (Å²) in [5.74, 6) is -8.00. The van der Waals surface area contributed by atoms with Gasteiger partial charge in [0.2, 0.25) is 17.8 Å². The van der Waals surface area contributed by atoms with Crippen LogP contribution < -0.4 is 10.6 Å². The number of H-pyrrole nitrogens is 1. The number of aromatic amines is 1. The molecule has 0 radical (unpaired) electrons. The topological polar surface area (TPSA) is 139 Å². The number of nitrogens with one attached hydrogen (secondary N) is 3. The van der Waals surface area contributed by atoms with Gasteiger partial charge in [0.1, 0.15) is 18.1 Å². The summed E-state index contributed by atoms with van der Waals surface area (Å²) in [6.45, 7) is -0.142. The van der Waals surface area contributed by atoms with Crippen LogP contribution in [0.3, 0.4) is 0 Å². The Morgan fingerprint density at radius 3 is 2.26 bits per heavy atom. The summed E-state index contributed by atoms with van der Waals surface area (Å²) in [4.78, 5) is 37.9. The summed E-state index contributed by atoms with van der Waals surface area (Å²) in [6.07, 6.45) is -7.76. The van der Waals surface area contributed by atoms with Crippen LogP contribution in [0.2, 0.25) is 0 Å². The summed E-state index contributed by atoms with van der Waals surface area (Å²) >= 11 is 0. The number of aryl methyl sites for hydroxylation is 1. The number of aromatic nitrogens is 5. The van der Waals surface area contributed by atoms with Crippen molar-refractivity contribution in [3.63, 3.8) is 0 Å². The van der Waals surface area contributed by atoms with Crippen molar-refractivity contribution in [2.75, 3.05) is 6.54 Å².